The maximum Gasteiger partial charge on any atom is 0.430 e. The molecule has 0 saturated heterocycles. The van der Waals surface area contributed by atoms with Crippen molar-refractivity contribution in [2.45, 2.75) is 24.9 Å². The highest BCUT2D eigenvalue weighted by Crippen LogP contribution is 2.43. The fourth-order valence-electron chi connectivity index (χ4n) is 3.24. The number of amides is 1. The second-order valence-electron chi connectivity index (χ2n) is 6.81. The first-order valence-electron chi connectivity index (χ1n) is 9.59. The summed E-state index contributed by atoms with van der Waals surface area (Å²) in [6.07, 6.45) is -5.01. The highest BCUT2D eigenvalue weighted by Gasteiger charge is 2.63. The number of carbonyl (C=O) groups is 1. The lowest BCUT2D eigenvalue weighted by atomic mass is 9.91. The maximum atomic E-state index is 14.5. The molecule has 0 aliphatic rings. The van der Waals surface area contributed by atoms with Crippen molar-refractivity contribution in [1.82, 2.24) is 5.32 Å². The quantitative estimate of drug-likeness (QED) is 0.549. The van der Waals surface area contributed by atoms with Crippen LogP contribution in [0.1, 0.15) is 16.7 Å². The monoisotopic (exact) mass is 429 g/mol. The minimum absolute atomic E-state index is 0.151. The van der Waals surface area contributed by atoms with Crippen molar-refractivity contribution >= 4 is 5.91 Å². The van der Waals surface area contributed by atoms with Gasteiger partial charge in [0.25, 0.3) is 11.5 Å². The number of ether oxygens (including phenoxy) is 2. The number of para-hydroxylation sites is 1. The highest BCUT2D eigenvalue weighted by molar-refractivity contribution is 5.87. The zero-order valence-electron chi connectivity index (χ0n) is 16.9. The fourth-order valence-corrected chi connectivity index (χ4v) is 3.24. The standard InChI is InChI=1S/C24H22F3NO3/c1-30-21-15-9-8-12-19(21)16-28-22(29)23(24(25,26)27,20-13-6-3-7-14-20)31-17-18-10-4-2-5-11-18/h2-15H,16-17H2,1H3,(H,28,29). The zero-order chi connectivity index (χ0) is 22.3. The van der Waals surface area contributed by atoms with E-state index in [0.29, 0.717) is 16.9 Å². The number of benzene rings is 3. The van der Waals surface area contributed by atoms with Gasteiger partial charge in [-0.2, -0.15) is 13.2 Å². The Hall–Kier alpha value is -3.32. The van der Waals surface area contributed by atoms with E-state index in [1.165, 1.54) is 31.4 Å². The Kier molecular flexibility index (Phi) is 6.97. The number of halogens is 3. The number of methoxy groups -OCH3 is 1. The third-order valence-electron chi connectivity index (χ3n) is 4.83. The second kappa shape index (κ2) is 9.66. The largest absolute Gasteiger partial charge is 0.496 e. The molecule has 0 aliphatic heterocycles. The SMILES string of the molecule is COc1ccccc1CNC(=O)C(OCc1ccccc1)(c1ccccc1)C(F)(F)F. The molecule has 1 N–H and O–H groups in total. The molecular weight excluding hydrogens is 407 g/mol. The fraction of sp³-hybridized carbons (Fsp3) is 0.208. The number of hydrogen-bond acceptors (Lipinski definition) is 3. The average Bonchev–Trinajstić information content (AvgIpc) is 2.78. The maximum absolute atomic E-state index is 14.5. The summed E-state index contributed by atoms with van der Waals surface area (Å²) >= 11 is 0. The van der Waals surface area contributed by atoms with Gasteiger partial charge in [-0.1, -0.05) is 78.9 Å². The predicted octanol–water partition coefficient (Wildman–Crippen LogP) is 4.99. The summed E-state index contributed by atoms with van der Waals surface area (Å²) in [5.74, 6) is -0.835. The minimum atomic E-state index is -5.01. The van der Waals surface area contributed by atoms with Gasteiger partial charge in [-0.15, -0.1) is 0 Å². The van der Waals surface area contributed by atoms with Crippen LogP contribution in [0.3, 0.4) is 0 Å². The summed E-state index contributed by atoms with van der Waals surface area (Å²) < 4.78 is 54.0. The Morgan fingerprint density at radius 2 is 1.45 bits per heavy atom. The van der Waals surface area contributed by atoms with Crippen LogP contribution in [0.25, 0.3) is 0 Å². The van der Waals surface area contributed by atoms with Gasteiger partial charge in [0, 0.05) is 17.7 Å². The number of rotatable bonds is 8. The van der Waals surface area contributed by atoms with Crippen LogP contribution < -0.4 is 10.1 Å². The van der Waals surface area contributed by atoms with E-state index in [1.54, 1.807) is 60.7 Å². The molecule has 1 unspecified atom stereocenters. The van der Waals surface area contributed by atoms with E-state index < -0.39 is 24.3 Å². The van der Waals surface area contributed by atoms with Crippen LogP contribution in [0.2, 0.25) is 0 Å². The molecule has 0 heterocycles. The molecule has 0 spiro atoms. The van der Waals surface area contributed by atoms with Crippen molar-refractivity contribution in [3.63, 3.8) is 0 Å². The summed E-state index contributed by atoms with van der Waals surface area (Å²) in [6, 6.07) is 22.1. The molecule has 0 fully saturated rings. The summed E-state index contributed by atoms with van der Waals surface area (Å²) in [5.41, 5.74) is -2.40. The molecule has 0 aromatic heterocycles. The van der Waals surface area contributed by atoms with Crippen molar-refractivity contribution in [3.8, 4) is 5.75 Å². The van der Waals surface area contributed by atoms with E-state index in [2.05, 4.69) is 5.32 Å². The van der Waals surface area contributed by atoms with Gasteiger partial charge in [0.2, 0.25) is 0 Å². The summed E-state index contributed by atoms with van der Waals surface area (Å²) in [4.78, 5) is 13.1. The molecule has 3 rings (SSSR count). The van der Waals surface area contributed by atoms with Gasteiger partial charge < -0.3 is 14.8 Å². The van der Waals surface area contributed by atoms with Gasteiger partial charge in [0.1, 0.15) is 5.75 Å². The van der Waals surface area contributed by atoms with Gasteiger partial charge in [-0.3, -0.25) is 4.79 Å². The van der Waals surface area contributed by atoms with Gasteiger partial charge in [-0.25, -0.2) is 0 Å². The Labute approximate surface area is 178 Å². The molecule has 4 nitrogen and oxygen atoms in total. The number of carbonyl (C=O) groups excluding carboxylic acids is 1. The summed E-state index contributed by atoms with van der Waals surface area (Å²) in [5, 5.41) is 2.39. The Balaban J connectivity index is 1.96. The molecule has 0 bridgehead atoms. The van der Waals surface area contributed by atoms with Crippen LogP contribution in [0.5, 0.6) is 5.75 Å². The number of hydrogen-bond donors (Lipinski definition) is 1. The van der Waals surface area contributed by atoms with Crippen molar-refractivity contribution in [2.24, 2.45) is 0 Å². The summed E-state index contributed by atoms with van der Waals surface area (Å²) in [7, 11) is 1.45. The molecule has 7 heteroatoms. The summed E-state index contributed by atoms with van der Waals surface area (Å²) in [6.45, 7) is -0.542. The van der Waals surface area contributed by atoms with Gasteiger partial charge in [0.05, 0.1) is 13.7 Å². The van der Waals surface area contributed by atoms with E-state index >= 15 is 0 Å². The van der Waals surface area contributed by atoms with Crippen LogP contribution in [-0.4, -0.2) is 19.2 Å². The predicted molar refractivity (Wildman–Crippen MR) is 110 cm³/mol. The lowest BCUT2D eigenvalue weighted by Gasteiger charge is -2.34. The zero-order valence-corrected chi connectivity index (χ0v) is 16.9. The van der Waals surface area contributed by atoms with E-state index in [9.17, 15) is 18.0 Å². The molecule has 0 radical (unpaired) electrons. The van der Waals surface area contributed by atoms with E-state index in [4.69, 9.17) is 9.47 Å². The molecule has 0 aliphatic carbocycles. The van der Waals surface area contributed by atoms with Crippen molar-refractivity contribution < 1.29 is 27.4 Å². The first-order valence-corrected chi connectivity index (χ1v) is 9.59. The van der Waals surface area contributed by atoms with Crippen LogP contribution in [0, 0.1) is 0 Å². The lowest BCUT2D eigenvalue weighted by Crippen LogP contribution is -2.56. The Morgan fingerprint density at radius 1 is 0.871 bits per heavy atom. The molecule has 31 heavy (non-hydrogen) atoms. The minimum Gasteiger partial charge on any atom is -0.496 e. The molecule has 3 aromatic carbocycles. The second-order valence-corrected chi connectivity index (χ2v) is 6.81. The van der Waals surface area contributed by atoms with Gasteiger partial charge in [-0.05, 0) is 11.6 Å². The normalized spacial score (nSPS) is 13.3. The molecule has 1 atom stereocenters. The third kappa shape index (κ3) is 4.88. The van der Waals surface area contributed by atoms with Gasteiger partial charge in [0.15, 0.2) is 0 Å². The van der Waals surface area contributed by atoms with Crippen LogP contribution in [-0.2, 0) is 28.3 Å². The third-order valence-corrected chi connectivity index (χ3v) is 4.83. The van der Waals surface area contributed by atoms with E-state index in [-0.39, 0.29) is 12.1 Å². The first kappa shape index (κ1) is 22.4. The smallest absolute Gasteiger partial charge is 0.430 e. The molecule has 1 amide bonds. The molecule has 162 valence electrons. The van der Waals surface area contributed by atoms with E-state index in [0.717, 1.165) is 0 Å². The first-order chi connectivity index (χ1) is 14.9. The highest BCUT2D eigenvalue weighted by atomic mass is 19.4. The number of alkyl halides is 3. The Morgan fingerprint density at radius 3 is 2.06 bits per heavy atom. The van der Waals surface area contributed by atoms with Crippen molar-refractivity contribution in [1.29, 1.82) is 0 Å². The van der Waals surface area contributed by atoms with Crippen LogP contribution in [0.15, 0.2) is 84.9 Å². The molecular formula is C24H22F3NO3. The topological polar surface area (TPSA) is 47.6 Å². The lowest BCUT2D eigenvalue weighted by molar-refractivity contribution is -0.277. The molecule has 0 saturated carbocycles. The molecule has 3 aromatic rings. The van der Waals surface area contributed by atoms with Crippen LogP contribution >= 0.6 is 0 Å². The van der Waals surface area contributed by atoms with E-state index in [1.807, 2.05) is 0 Å². The van der Waals surface area contributed by atoms with Crippen molar-refractivity contribution in [3.05, 3.63) is 102 Å². The van der Waals surface area contributed by atoms with Crippen LogP contribution in [0.4, 0.5) is 13.2 Å². The van der Waals surface area contributed by atoms with Crippen molar-refractivity contribution in [2.75, 3.05) is 7.11 Å². The number of nitrogens with one attached hydrogen (secondary N) is 1. The average molecular weight is 429 g/mol. The van der Waals surface area contributed by atoms with Gasteiger partial charge >= 0.3 is 6.18 Å². The Bertz CT molecular complexity index is 994.